The third-order valence-electron chi connectivity index (χ3n) is 4.28. The first-order valence-corrected chi connectivity index (χ1v) is 8.18. The zero-order valence-corrected chi connectivity index (χ0v) is 13.5. The van der Waals surface area contributed by atoms with Crippen molar-refractivity contribution >= 4 is 0 Å². The molecule has 2 aromatic rings. The summed E-state index contributed by atoms with van der Waals surface area (Å²) in [6, 6.07) is 10.5. The SMILES string of the molecule is CCOC1CCN(Cc2cn(C)nc2-c2ccccc2)CC1. The molecule has 1 aliphatic heterocycles. The first kappa shape index (κ1) is 15.3. The molecular formula is C18H25N3O. The zero-order chi connectivity index (χ0) is 15.4. The minimum atomic E-state index is 0.448. The summed E-state index contributed by atoms with van der Waals surface area (Å²) in [5.74, 6) is 0. The fourth-order valence-electron chi connectivity index (χ4n) is 3.20. The number of hydrogen-bond donors (Lipinski definition) is 0. The zero-order valence-electron chi connectivity index (χ0n) is 13.5. The maximum atomic E-state index is 5.74. The molecule has 22 heavy (non-hydrogen) atoms. The summed E-state index contributed by atoms with van der Waals surface area (Å²) >= 11 is 0. The number of nitrogens with zero attached hydrogens (tertiary/aromatic N) is 3. The van der Waals surface area contributed by atoms with E-state index in [0.29, 0.717) is 6.10 Å². The van der Waals surface area contributed by atoms with E-state index < -0.39 is 0 Å². The topological polar surface area (TPSA) is 30.3 Å². The van der Waals surface area contributed by atoms with E-state index in [1.165, 1.54) is 11.1 Å². The van der Waals surface area contributed by atoms with Gasteiger partial charge in [-0.3, -0.25) is 9.58 Å². The van der Waals surface area contributed by atoms with E-state index in [0.717, 1.165) is 44.8 Å². The van der Waals surface area contributed by atoms with Crippen LogP contribution in [-0.2, 0) is 18.3 Å². The second-order valence-electron chi connectivity index (χ2n) is 5.97. The van der Waals surface area contributed by atoms with Gasteiger partial charge in [0.05, 0.1) is 11.8 Å². The molecule has 0 N–H and O–H groups in total. The molecule has 0 aliphatic carbocycles. The van der Waals surface area contributed by atoms with Crippen molar-refractivity contribution in [3.05, 3.63) is 42.1 Å². The van der Waals surface area contributed by atoms with Crippen LogP contribution in [0.5, 0.6) is 0 Å². The monoisotopic (exact) mass is 299 g/mol. The lowest BCUT2D eigenvalue weighted by atomic mass is 10.0. The fraction of sp³-hybridized carbons (Fsp3) is 0.500. The first-order valence-electron chi connectivity index (χ1n) is 8.18. The molecule has 0 radical (unpaired) electrons. The van der Waals surface area contributed by atoms with Crippen molar-refractivity contribution in [3.63, 3.8) is 0 Å². The van der Waals surface area contributed by atoms with E-state index in [9.17, 15) is 0 Å². The summed E-state index contributed by atoms with van der Waals surface area (Å²) < 4.78 is 7.66. The van der Waals surface area contributed by atoms with Crippen molar-refractivity contribution in [2.45, 2.75) is 32.4 Å². The molecule has 0 saturated carbocycles. The van der Waals surface area contributed by atoms with Crippen LogP contribution in [0.4, 0.5) is 0 Å². The van der Waals surface area contributed by atoms with Crippen molar-refractivity contribution in [1.82, 2.24) is 14.7 Å². The van der Waals surface area contributed by atoms with Crippen LogP contribution in [0.3, 0.4) is 0 Å². The highest BCUT2D eigenvalue weighted by Gasteiger charge is 2.21. The van der Waals surface area contributed by atoms with Crippen LogP contribution in [-0.4, -0.2) is 40.5 Å². The number of aromatic nitrogens is 2. The molecule has 4 nitrogen and oxygen atoms in total. The van der Waals surface area contributed by atoms with Gasteiger partial charge >= 0.3 is 0 Å². The average Bonchev–Trinajstić information content (AvgIpc) is 2.91. The van der Waals surface area contributed by atoms with Crippen LogP contribution in [0.15, 0.2) is 36.5 Å². The number of aryl methyl sites for hydroxylation is 1. The van der Waals surface area contributed by atoms with Crippen LogP contribution in [0, 0.1) is 0 Å². The Kier molecular flexibility index (Phi) is 4.90. The largest absolute Gasteiger partial charge is 0.378 e. The minimum Gasteiger partial charge on any atom is -0.378 e. The number of benzene rings is 1. The van der Waals surface area contributed by atoms with E-state index in [-0.39, 0.29) is 0 Å². The third-order valence-corrected chi connectivity index (χ3v) is 4.28. The van der Waals surface area contributed by atoms with Crippen molar-refractivity contribution in [2.24, 2.45) is 7.05 Å². The molecule has 1 aromatic carbocycles. The van der Waals surface area contributed by atoms with Gasteiger partial charge in [-0.25, -0.2) is 0 Å². The van der Waals surface area contributed by atoms with E-state index >= 15 is 0 Å². The van der Waals surface area contributed by atoms with Gasteiger partial charge < -0.3 is 4.74 Å². The lowest BCUT2D eigenvalue weighted by Crippen LogP contribution is -2.36. The Morgan fingerprint density at radius 2 is 1.91 bits per heavy atom. The van der Waals surface area contributed by atoms with Gasteiger partial charge in [-0.05, 0) is 19.8 Å². The molecule has 0 atom stereocenters. The predicted octanol–water partition coefficient (Wildman–Crippen LogP) is 3.09. The summed E-state index contributed by atoms with van der Waals surface area (Å²) in [4.78, 5) is 2.51. The van der Waals surface area contributed by atoms with Gasteiger partial charge in [0.15, 0.2) is 0 Å². The molecule has 0 amide bonds. The number of likely N-dealkylation sites (tertiary alicyclic amines) is 1. The maximum absolute atomic E-state index is 5.74. The molecule has 3 rings (SSSR count). The predicted molar refractivity (Wildman–Crippen MR) is 88.6 cm³/mol. The molecule has 2 heterocycles. The molecule has 0 bridgehead atoms. The highest BCUT2D eigenvalue weighted by Crippen LogP contribution is 2.24. The molecule has 0 unspecified atom stereocenters. The molecular weight excluding hydrogens is 274 g/mol. The Labute approximate surface area is 132 Å². The molecule has 1 saturated heterocycles. The van der Waals surface area contributed by atoms with Crippen LogP contribution in [0.25, 0.3) is 11.3 Å². The summed E-state index contributed by atoms with van der Waals surface area (Å²) in [6.45, 7) is 6.08. The number of ether oxygens (including phenoxy) is 1. The van der Waals surface area contributed by atoms with Crippen molar-refractivity contribution in [2.75, 3.05) is 19.7 Å². The molecule has 1 aliphatic rings. The van der Waals surface area contributed by atoms with E-state index in [4.69, 9.17) is 4.74 Å². The second kappa shape index (κ2) is 7.07. The van der Waals surface area contributed by atoms with Crippen LogP contribution < -0.4 is 0 Å². The van der Waals surface area contributed by atoms with Gasteiger partial charge in [-0.2, -0.15) is 5.10 Å². The van der Waals surface area contributed by atoms with Crippen LogP contribution in [0.2, 0.25) is 0 Å². The quantitative estimate of drug-likeness (QED) is 0.850. The molecule has 1 aromatic heterocycles. The fourth-order valence-corrected chi connectivity index (χ4v) is 3.20. The molecule has 1 fully saturated rings. The number of rotatable bonds is 5. The smallest absolute Gasteiger partial charge is 0.0968 e. The lowest BCUT2D eigenvalue weighted by molar-refractivity contribution is 0.0125. The Bertz CT molecular complexity index is 586. The van der Waals surface area contributed by atoms with Crippen molar-refractivity contribution in [1.29, 1.82) is 0 Å². The van der Waals surface area contributed by atoms with Gasteiger partial charge in [-0.1, -0.05) is 30.3 Å². The highest BCUT2D eigenvalue weighted by atomic mass is 16.5. The van der Waals surface area contributed by atoms with Gasteiger partial charge in [0.25, 0.3) is 0 Å². The minimum absolute atomic E-state index is 0.448. The average molecular weight is 299 g/mol. The van der Waals surface area contributed by atoms with E-state index in [1.54, 1.807) is 0 Å². The van der Waals surface area contributed by atoms with Crippen LogP contribution >= 0.6 is 0 Å². The van der Waals surface area contributed by atoms with Crippen LogP contribution in [0.1, 0.15) is 25.3 Å². The Morgan fingerprint density at radius 1 is 1.18 bits per heavy atom. The number of hydrogen-bond acceptors (Lipinski definition) is 3. The lowest BCUT2D eigenvalue weighted by Gasteiger charge is -2.31. The molecule has 118 valence electrons. The van der Waals surface area contributed by atoms with E-state index in [2.05, 4.69) is 47.4 Å². The molecule has 4 heteroatoms. The van der Waals surface area contributed by atoms with E-state index in [1.807, 2.05) is 17.8 Å². The van der Waals surface area contributed by atoms with Gasteiger partial charge in [0.2, 0.25) is 0 Å². The summed E-state index contributed by atoms with van der Waals surface area (Å²) in [7, 11) is 2.00. The summed E-state index contributed by atoms with van der Waals surface area (Å²) in [6.07, 6.45) is 4.87. The van der Waals surface area contributed by atoms with Crippen molar-refractivity contribution in [3.8, 4) is 11.3 Å². The number of piperidine rings is 1. The Balaban J connectivity index is 1.69. The second-order valence-corrected chi connectivity index (χ2v) is 5.97. The summed E-state index contributed by atoms with van der Waals surface area (Å²) in [5.41, 5.74) is 3.61. The normalized spacial score (nSPS) is 17.0. The highest BCUT2D eigenvalue weighted by molar-refractivity contribution is 5.62. The maximum Gasteiger partial charge on any atom is 0.0968 e. The Morgan fingerprint density at radius 3 is 2.59 bits per heavy atom. The van der Waals surface area contributed by atoms with Gasteiger partial charge in [0, 0.05) is 50.6 Å². The third kappa shape index (κ3) is 3.57. The summed E-state index contributed by atoms with van der Waals surface area (Å²) in [5, 5.41) is 4.66. The van der Waals surface area contributed by atoms with Gasteiger partial charge in [-0.15, -0.1) is 0 Å². The standard InChI is InChI=1S/C18H25N3O/c1-3-22-17-9-11-21(12-10-17)14-16-13-20(2)19-18(16)15-7-5-4-6-8-15/h4-8,13,17H,3,9-12,14H2,1-2H3. The van der Waals surface area contributed by atoms with Crippen molar-refractivity contribution < 1.29 is 4.74 Å². The first-order chi connectivity index (χ1) is 10.8. The van der Waals surface area contributed by atoms with Gasteiger partial charge in [0.1, 0.15) is 0 Å². The molecule has 0 spiro atoms. The Hall–Kier alpha value is -1.65.